The van der Waals surface area contributed by atoms with Crippen LogP contribution in [0, 0.1) is 5.92 Å². The Morgan fingerprint density at radius 2 is 2.24 bits per heavy atom. The van der Waals surface area contributed by atoms with Gasteiger partial charge in [-0.15, -0.1) is 15.3 Å². The molecule has 0 aliphatic heterocycles. The summed E-state index contributed by atoms with van der Waals surface area (Å²) in [6, 6.07) is 3.62. The molecule has 2 heterocycles. The van der Waals surface area contributed by atoms with Crippen molar-refractivity contribution in [2.45, 2.75) is 32.3 Å². The molecular formula is C11H13ClN4O. The first-order valence-corrected chi connectivity index (χ1v) is 6.16. The van der Waals surface area contributed by atoms with Crippen molar-refractivity contribution in [2.75, 3.05) is 0 Å². The molecule has 0 aromatic carbocycles. The molecule has 2 atom stereocenters. The maximum Gasteiger partial charge on any atom is 0.246 e. The van der Waals surface area contributed by atoms with Gasteiger partial charge in [0.25, 0.3) is 0 Å². The van der Waals surface area contributed by atoms with E-state index in [9.17, 15) is 0 Å². The Kier molecular flexibility index (Phi) is 2.63. The zero-order valence-corrected chi connectivity index (χ0v) is 10.3. The van der Waals surface area contributed by atoms with Crippen LogP contribution in [0.3, 0.4) is 0 Å². The lowest BCUT2D eigenvalue weighted by atomic mass is 10.1. The number of aromatic nitrogens is 4. The lowest BCUT2D eigenvalue weighted by Gasteiger charge is -2.16. The normalized spacial score (nSPS) is 24.4. The summed E-state index contributed by atoms with van der Waals surface area (Å²) in [6.45, 7) is 2.21. The molecule has 0 N–H and O–H groups in total. The minimum atomic E-state index is 0.255. The maximum absolute atomic E-state index is 5.87. The van der Waals surface area contributed by atoms with Gasteiger partial charge >= 0.3 is 0 Å². The average molecular weight is 253 g/mol. The molecule has 5 nitrogen and oxygen atoms in total. The number of halogens is 1. The van der Waals surface area contributed by atoms with Gasteiger partial charge in [0.2, 0.25) is 11.2 Å². The van der Waals surface area contributed by atoms with E-state index in [1.807, 2.05) is 6.07 Å². The van der Waals surface area contributed by atoms with E-state index in [4.69, 9.17) is 16.3 Å². The highest BCUT2D eigenvalue weighted by molar-refractivity contribution is 6.28. The molecule has 0 amide bonds. The number of fused-ring (bicyclic) bond motifs is 1. The molecule has 1 saturated carbocycles. The summed E-state index contributed by atoms with van der Waals surface area (Å²) in [7, 11) is 0. The van der Waals surface area contributed by atoms with Gasteiger partial charge in [0.05, 0.1) is 0 Å². The van der Waals surface area contributed by atoms with Crippen molar-refractivity contribution in [1.29, 1.82) is 0 Å². The number of nitrogens with zero attached hydrogens (tertiary/aromatic N) is 4. The SMILES string of the molecule is C[C@@H]1CCC[C@H]1Oc1ccc2nnc(Cl)n2n1. The fourth-order valence-electron chi connectivity index (χ4n) is 2.25. The Morgan fingerprint density at radius 3 is 3.00 bits per heavy atom. The summed E-state index contributed by atoms with van der Waals surface area (Å²) in [5.74, 6) is 1.17. The van der Waals surface area contributed by atoms with Crippen molar-refractivity contribution in [1.82, 2.24) is 19.8 Å². The van der Waals surface area contributed by atoms with Crippen LogP contribution in [-0.4, -0.2) is 25.9 Å². The fourth-order valence-corrected chi connectivity index (χ4v) is 2.41. The van der Waals surface area contributed by atoms with E-state index in [-0.39, 0.29) is 11.4 Å². The van der Waals surface area contributed by atoms with Gasteiger partial charge in [-0.2, -0.15) is 4.52 Å². The van der Waals surface area contributed by atoms with Crippen molar-refractivity contribution in [2.24, 2.45) is 5.92 Å². The molecule has 6 heteroatoms. The molecule has 0 radical (unpaired) electrons. The Bertz CT molecular complexity index is 541. The van der Waals surface area contributed by atoms with Gasteiger partial charge in [-0.25, -0.2) is 0 Å². The first-order valence-electron chi connectivity index (χ1n) is 5.78. The molecular weight excluding hydrogens is 240 g/mol. The molecule has 90 valence electrons. The van der Waals surface area contributed by atoms with Crippen LogP contribution < -0.4 is 4.74 Å². The third kappa shape index (κ3) is 1.95. The van der Waals surface area contributed by atoms with Crippen LogP contribution in [0.1, 0.15) is 26.2 Å². The highest BCUT2D eigenvalue weighted by Gasteiger charge is 2.25. The molecule has 0 bridgehead atoms. The molecule has 0 saturated heterocycles. The van der Waals surface area contributed by atoms with Gasteiger partial charge in [0.1, 0.15) is 6.10 Å². The van der Waals surface area contributed by atoms with Gasteiger partial charge in [0, 0.05) is 6.07 Å². The second kappa shape index (κ2) is 4.14. The zero-order chi connectivity index (χ0) is 11.8. The van der Waals surface area contributed by atoms with Gasteiger partial charge in [0.15, 0.2) is 5.65 Å². The van der Waals surface area contributed by atoms with E-state index in [0.717, 1.165) is 6.42 Å². The van der Waals surface area contributed by atoms with Gasteiger partial charge < -0.3 is 4.74 Å². The highest BCUT2D eigenvalue weighted by atomic mass is 35.5. The molecule has 2 aromatic rings. The lowest BCUT2D eigenvalue weighted by Crippen LogP contribution is -2.19. The largest absolute Gasteiger partial charge is 0.473 e. The predicted octanol–water partition coefficient (Wildman–Crippen LogP) is 2.35. The van der Waals surface area contributed by atoms with Crippen LogP contribution in [0.5, 0.6) is 5.88 Å². The zero-order valence-electron chi connectivity index (χ0n) is 9.51. The van der Waals surface area contributed by atoms with E-state index >= 15 is 0 Å². The molecule has 1 fully saturated rings. The number of ether oxygens (including phenoxy) is 1. The molecule has 3 rings (SSSR count). The van der Waals surface area contributed by atoms with Crippen LogP contribution in [0.2, 0.25) is 5.28 Å². The molecule has 2 aromatic heterocycles. The van der Waals surface area contributed by atoms with E-state index in [1.165, 1.54) is 17.4 Å². The predicted molar refractivity (Wildman–Crippen MR) is 63.2 cm³/mol. The minimum absolute atomic E-state index is 0.255. The van der Waals surface area contributed by atoms with Crippen LogP contribution in [-0.2, 0) is 0 Å². The van der Waals surface area contributed by atoms with E-state index in [0.29, 0.717) is 17.4 Å². The lowest BCUT2D eigenvalue weighted by molar-refractivity contribution is 0.158. The summed E-state index contributed by atoms with van der Waals surface area (Å²) in [6.07, 6.45) is 3.80. The topological polar surface area (TPSA) is 52.3 Å². The summed E-state index contributed by atoms with van der Waals surface area (Å²) in [4.78, 5) is 0. The Labute approximate surface area is 104 Å². The third-order valence-electron chi connectivity index (χ3n) is 3.26. The van der Waals surface area contributed by atoms with Gasteiger partial charge in [-0.3, -0.25) is 0 Å². The highest BCUT2D eigenvalue weighted by Crippen LogP contribution is 2.28. The van der Waals surface area contributed by atoms with Crippen molar-refractivity contribution >= 4 is 17.2 Å². The molecule has 0 spiro atoms. The van der Waals surface area contributed by atoms with Crippen LogP contribution in [0.15, 0.2) is 12.1 Å². The third-order valence-corrected chi connectivity index (χ3v) is 3.49. The van der Waals surface area contributed by atoms with Crippen molar-refractivity contribution in [3.05, 3.63) is 17.4 Å². The summed E-state index contributed by atoms with van der Waals surface area (Å²) in [5.41, 5.74) is 0.627. The molecule has 1 aliphatic carbocycles. The van der Waals surface area contributed by atoms with E-state index < -0.39 is 0 Å². The number of rotatable bonds is 2. The average Bonchev–Trinajstić information content (AvgIpc) is 2.88. The standard InChI is InChI=1S/C11H13ClN4O/c1-7-3-2-4-8(7)17-10-6-5-9-13-14-11(12)16(9)15-10/h5-8H,2-4H2,1H3/t7-,8-/m1/s1. The second-order valence-corrected chi connectivity index (χ2v) is 4.81. The maximum atomic E-state index is 5.87. The second-order valence-electron chi connectivity index (χ2n) is 4.48. The smallest absolute Gasteiger partial charge is 0.246 e. The summed E-state index contributed by atoms with van der Waals surface area (Å²) in [5, 5.41) is 12.1. The summed E-state index contributed by atoms with van der Waals surface area (Å²) < 4.78 is 7.36. The van der Waals surface area contributed by atoms with Crippen LogP contribution >= 0.6 is 11.6 Å². The van der Waals surface area contributed by atoms with Crippen molar-refractivity contribution in [3.63, 3.8) is 0 Å². The quantitative estimate of drug-likeness (QED) is 0.823. The minimum Gasteiger partial charge on any atom is -0.473 e. The van der Waals surface area contributed by atoms with Gasteiger partial charge in [-0.1, -0.05) is 6.92 Å². The fraction of sp³-hybridized carbons (Fsp3) is 0.545. The monoisotopic (exact) mass is 252 g/mol. The van der Waals surface area contributed by atoms with Crippen LogP contribution in [0.4, 0.5) is 0 Å². The Hall–Kier alpha value is -1.36. The number of hydrogen-bond acceptors (Lipinski definition) is 4. The first kappa shape index (κ1) is 10.8. The Morgan fingerprint density at radius 1 is 1.35 bits per heavy atom. The molecule has 0 unspecified atom stereocenters. The van der Waals surface area contributed by atoms with E-state index in [1.54, 1.807) is 6.07 Å². The Balaban J connectivity index is 1.87. The van der Waals surface area contributed by atoms with Gasteiger partial charge in [-0.05, 0) is 42.8 Å². The van der Waals surface area contributed by atoms with Crippen molar-refractivity contribution < 1.29 is 4.74 Å². The molecule has 17 heavy (non-hydrogen) atoms. The van der Waals surface area contributed by atoms with Crippen molar-refractivity contribution in [3.8, 4) is 5.88 Å². The molecule has 1 aliphatic rings. The van der Waals surface area contributed by atoms with Crippen LogP contribution in [0.25, 0.3) is 5.65 Å². The first-order chi connectivity index (χ1) is 8.24. The number of hydrogen-bond donors (Lipinski definition) is 0. The van der Waals surface area contributed by atoms with E-state index in [2.05, 4.69) is 22.2 Å². The summed E-state index contributed by atoms with van der Waals surface area (Å²) >= 11 is 5.86.